The molecule has 1 aliphatic rings. The van der Waals surface area contributed by atoms with E-state index in [2.05, 4.69) is 5.32 Å². The zero-order chi connectivity index (χ0) is 18.9. The highest BCUT2D eigenvalue weighted by Gasteiger charge is 2.33. The number of anilines is 1. The topological polar surface area (TPSA) is 32.3 Å². The van der Waals surface area contributed by atoms with Gasteiger partial charge in [-0.3, -0.25) is 0 Å². The van der Waals surface area contributed by atoms with Crippen molar-refractivity contribution < 1.29 is 18.0 Å². The second-order valence-electron chi connectivity index (χ2n) is 5.59. The minimum absolute atomic E-state index is 0.283. The first-order chi connectivity index (χ1) is 12.3. The normalized spacial score (nSPS) is 17.4. The summed E-state index contributed by atoms with van der Waals surface area (Å²) in [5.74, 6) is 0.726. The van der Waals surface area contributed by atoms with Crippen LogP contribution in [0.4, 0.5) is 23.7 Å². The smallest absolute Gasteiger partial charge is 0.308 e. The highest BCUT2D eigenvalue weighted by Crippen LogP contribution is 2.41. The minimum Gasteiger partial charge on any atom is -0.308 e. The molecular weight excluding hydrogens is 408 g/mol. The number of alkyl halides is 3. The SMILES string of the molecule is O=C(Nc1ccc(C(F)(F)F)cc1)N1CCSC1c1ccc(Cl)cc1Cl. The summed E-state index contributed by atoms with van der Waals surface area (Å²) in [5, 5.41) is 3.31. The second-order valence-corrected chi connectivity index (χ2v) is 7.62. The number of nitrogens with one attached hydrogen (secondary N) is 1. The molecule has 26 heavy (non-hydrogen) atoms. The van der Waals surface area contributed by atoms with Gasteiger partial charge in [0.1, 0.15) is 5.37 Å². The van der Waals surface area contributed by atoms with Crippen molar-refractivity contribution in [2.24, 2.45) is 0 Å². The molecule has 2 aromatic rings. The van der Waals surface area contributed by atoms with Crippen LogP contribution in [0.5, 0.6) is 0 Å². The zero-order valence-corrected chi connectivity index (χ0v) is 15.5. The van der Waals surface area contributed by atoms with Gasteiger partial charge in [0.25, 0.3) is 0 Å². The van der Waals surface area contributed by atoms with Gasteiger partial charge < -0.3 is 10.2 Å². The lowest BCUT2D eigenvalue weighted by Crippen LogP contribution is -2.34. The Balaban J connectivity index is 1.74. The Kier molecular flexibility index (Phi) is 5.60. The third kappa shape index (κ3) is 4.22. The number of nitrogens with zero attached hydrogens (tertiary/aromatic N) is 1. The van der Waals surface area contributed by atoms with Crippen molar-refractivity contribution in [2.75, 3.05) is 17.6 Å². The molecule has 9 heteroatoms. The van der Waals surface area contributed by atoms with E-state index in [0.717, 1.165) is 23.4 Å². The third-order valence-corrected chi connectivity index (χ3v) is 5.65. The van der Waals surface area contributed by atoms with Crippen LogP contribution in [0.25, 0.3) is 0 Å². The van der Waals surface area contributed by atoms with Crippen molar-refractivity contribution in [1.82, 2.24) is 4.90 Å². The average Bonchev–Trinajstić information content (AvgIpc) is 3.04. The van der Waals surface area contributed by atoms with Crippen LogP contribution in [0.15, 0.2) is 42.5 Å². The molecule has 1 atom stereocenters. The number of rotatable bonds is 2. The van der Waals surface area contributed by atoms with Crippen molar-refractivity contribution in [3.63, 3.8) is 0 Å². The first-order valence-corrected chi connectivity index (χ1v) is 9.37. The van der Waals surface area contributed by atoms with Gasteiger partial charge in [-0.25, -0.2) is 4.79 Å². The first kappa shape index (κ1) is 19.2. The van der Waals surface area contributed by atoms with Crippen molar-refractivity contribution in [1.29, 1.82) is 0 Å². The average molecular weight is 421 g/mol. The van der Waals surface area contributed by atoms with E-state index in [0.29, 0.717) is 22.3 Å². The maximum atomic E-state index is 12.6. The molecule has 1 aliphatic heterocycles. The molecule has 0 saturated carbocycles. The van der Waals surface area contributed by atoms with Crippen LogP contribution in [0, 0.1) is 0 Å². The Hall–Kier alpha value is -1.57. The molecule has 0 aliphatic carbocycles. The van der Waals surface area contributed by atoms with Crippen LogP contribution in [-0.2, 0) is 6.18 Å². The van der Waals surface area contributed by atoms with Crippen LogP contribution in [0.2, 0.25) is 10.0 Å². The second kappa shape index (κ2) is 7.58. The highest BCUT2D eigenvalue weighted by molar-refractivity contribution is 7.99. The van der Waals surface area contributed by atoms with Crippen molar-refractivity contribution >= 4 is 46.7 Å². The number of urea groups is 1. The molecule has 1 N–H and O–H groups in total. The molecule has 2 aromatic carbocycles. The summed E-state index contributed by atoms with van der Waals surface area (Å²) in [7, 11) is 0. The minimum atomic E-state index is -4.41. The van der Waals surface area contributed by atoms with E-state index in [4.69, 9.17) is 23.2 Å². The number of amides is 2. The number of hydrogen-bond acceptors (Lipinski definition) is 2. The largest absolute Gasteiger partial charge is 0.416 e. The quantitative estimate of drug-likeness (QED) is 0.618. The molecule has 1 saturated heterocycles. The molecule has 138 valence electrons. The summed E-state index contributed by atoms with van der Waals surface area (Å²) in [4.78, 5) is 14.2. The molecule has 0 radical (unpaired) electrons. The van der Waals surface area contributed by atoms with E-state index in [1.54, 1.807) is 34.9 Å². The van der Waals surface area contributed by atoms with Gasteiger partial charge in [0.05, 0.1) is 5.56 Å². The van der Waals surface area contributed by atoms with Crippen LogP contribution in [-0.4, -0.2) is 23.2 Å². The first-order valence-electron chi connectivity index (χ1n) is 7.57. The Morgan fingerprint density at radius 3 is 2.46 bits per heavy atom. The van der Waals surface area contributed by atoms with Gasteiger partial charge in [-0.05, 0) is 36.4 Å². The van der Waals surface area contributed by atoms with E-state index < -0.39 is 17.8 Å². The summed E-state index contributed by atoms with van der Waals surface area (Å²) in [5.41, 5.74) is 0.292. The lowest BCUT2D eigenvalue weighted by molar-refractivity contribution is -0.137. The van der Waals surface area contributed by atoms with Gasteiger partial charge >= 0.3 is 12.2 Å². The van der Waals surface area contributed by atoms with Crippen LogP contribution < -0.4 is 5.32 Å². The Morgan fingerprint density at radius 1 is 1.15 bits per heavy atom. The fourth-order valence-electron chi connectivity index (χ4n) is 2.58. The van der Waals surface area contributed by atoms with Crippen molar-refractivity contribution in [3.8, 4) is 0 Å². The molecule has 0 bridgehead atoms. The standard InChI is InChI=1S/C17H13Cl2F3N2OS/c18-11-3-6-13(14(19)9-11)15-24(7-8-26-15)16(25)23-12-4-1-10(2-5-12)17(20,21)22/h1-6,9,15H,7-8H2,(H,23,25). The maximum absolute atomic E-state index is 12.6. The van der Waals surface area contributed by atoms with E-state index in [-0.39, 0.29) is 5.37 Å². The summed E-state index contributed by atoms with van der Waals surface area (Å²) in [6.07, 6.45) is -4.41. The summed E-state index contributed by atoms with van der Waals surface area (Å²) in [6, 6.07) is 9.01. The Bertz CT molecular complexity index is 815. The molecule has 1 fully saturated rings. The third-order valence-electron chi connectivity index (χ3n) is 3.84. The van der Waals surface area contributed by atoms with E-state index in [9.17, 15) is 18.0 Å². The number of hydrogen-bond donors (Lipinski definition) is 1. The fraction of sp³-hybridized carbons (Fsp3) is 0.235. The molecule has 1 unspecified atom stereocenters. The Morgan fingerprint density at radius 2 is 1.85 bits per heavy atom. The highest BCUT2D eigenvalue weighted by atomic mass is 35.5. The number of carbonyl (C=O) groups excluding carboxylic acids is 1. The van der Waals surface area contributed by atoms with Gasteiger partial charge in [0.2, 0.25) is 0 Å². The van der Waals surface area contributed by atoms with Crippen molar-refractivity contribution in [3.05, 3.63) is 63.6 Å². The Labute approximate surface area is 162 Å². The summed E-state index contributed by atoms with van der Waals surface area (Å²) in [6.45, 7) is 0.501. The maximum Gasteiger partial charge on any atom is 0.416 e. The predicted molar refractivity (Wildman–Crippen MR) is 98.8 cm³/mol. The van der Waals surface area contributed by atoms with E-state index >= 15 is 0 Å². The lowest BCUT2D eigenvalue weighted by atomic mass is 10.2. The van der Waals surface area contributed by atoms with Gasteiger partial charge in [0, 0.05) is 33.6 Å². The van der Waals surface area contributed by atoms with E-state index in [1.165, 1.54) is 12.1 Å². The molecule has 3 rings (SSSR count). The van der Waals surface area contributed by atoms with Gasteiger partial charge in [-0.2, -0.15) is 13.2 Å². The molecule has 2 amide bonds. The monoisotopic (exact) mass is 420 g/mol. The van der Waals surface area contributed by atoms with Crippen LogP contribution in [0.3, 0.4) is 0 Å². The van der Waals surface area contributed by atoms with Crippen LogP contribution >= 0.6 is 35.0 Å². The number of thioether (sulfide) groups is 1. The lowest BCUT2D eigenvalue weighted by Gasteiger charge is -2.25. The van der Waals surface area contributed by atoms with Gasteiger partial charge in [0.15, 0.2) is 0 Å². The fourth-order valence-corrected chi connectivity index (χ4v) is 4.44. The van der Waals surface area contributed by atoms with Crippen molar-refractivity contribution in [2.45, 2.75) is 11.6 Å². The number of carbonyl (C=O) groups is 1. The molecule has 0 aromatic heterocycles. The summed E-state index contributed by atoms with van der Waals surface area (Å²) < 4.78 is 37.8. The summed E-state index contributed by atoms with van der Waals surface area (Å²) >= 11 is 13.7. The van der Waals surface area contributed by atoms with Crippen LogP contribution in [0.1, 0.15) is 16.5 Å². The molecular formula is C17H13Cl2F3N2OS. The number of benzene rings is 2. The molecule has 0 spiro atoms. The van der Waals surface area contributed by atoms with Gasteiger partial charge in [-0.1, -0.05) is 29.3 Å². The molecule has 1 heterocycles. The predicted octanol–water partition coefficient (Wildman–Crippen LogP) is 6.29. The van der Waals surface area contributed by atoms with Gasteiger partial charge in [-0.15, -0.1) is 11.8 Å². The zero-order valence-electron chi connectivity index (χ0n) is 13.2. The molecule has 3 nitrogen and oxygen atoms in total. The van der Waals surface area contributed by atoms with E-state index in [1.807, 2.05) is 0 Å². The number of halogens is 5.